The highest BCUT2D eigenvalue weighted by molar-refractivity contribution is 7.85. The van der Waals surface area contributed by atoms with E-state index in [4.69, 9.17) is 13.7 Å². The van der Waals surface area contributed by atoms with Crippen molar-refractivity contribution < 1.29 is 44.8 Å². The number of carbonyl (C=O) groups is 2. The molecule has 1 amide bonds. The second kappa shape index (κ2) is 7.82. The molecule has 1 aromatic rings. The smallest absolute Gasteiger partial charge is 0.467 e. The van der Waals surface area contributed by atoms with E-state index in [-0.39, 0.29) is 19.4 Å². The van der Waals surface area contributed by atoms with Crippen LogP contribution in [-0.4, -0.2) is 82.3 Å². The van der Waals surface area contributed by atoms with Gasteiger partial charge in [-0.3, -0.25) is 13.9 Å². The Labute approximate surface area is 194 Å². The fourth-order valence-electron chi connectivity index (χ4n) is 5.39. The zero-order valence-corrected chi connectivity index (χ0v) is 19.8. The average Bonchev–Trinajstić information content (AvgIpc) is 3.16. The van der Waals surface area contributed by atoms with Crippen LogP contribution >= 0.6 is 0 Å². The van der Waals surface area contributed by atoms with Gasteiger partial charge in [-0.25, -0.2) is 4.79 Å². The Kier molecular flexibility index (Phi) is 5.69. The van der Waals surface area contributed by atoms with Crippen LogP contribution in [-0.2, 0) is 38.8 Å². The van der Waals surface area contributed by atoms with Crippen LogP contribution in [0.2, 0.25) is 0 Å². The molecule has 0 spiro atoms. The van der Waals surface area contributed by atoms with E-state index in [0.717, 1.165) is 13.4 Å². The standard InChI is InChI=1S/C21H25F3N2O7S/c1-19(11-32-34(4,29)30)15(33-19)10-20-9-14(16(27)31-3)26(18(28)21(22,23)24)17(20)25(2)13-8-6-5-7-12(13)20/h5-8,14-15,17H,9-11H2,1-4H3/t14-,15+,17-,19+,20+/m1/s1. The first-order valence-corrected chi connectivity index (χ1v) is 12.3. The molecule has 0 aromatic heterocycles. The average molecular weight is 506 g/mol. The summed E-state index contributed by atoms with van der Waals surface area (Å²) in [5.41, 5.74) is -0.777. The normalized spacial score (nSPS) is 32.4. The van der Waals surface area contributed by atoms with E-state index in [1.807, 2.05) is 0 Å². The van der Waals surface area contributed by atoms with E-state index in [1.54, 1.807) is 43.1 Å². The Hall–Kier alpha value is -2.38. The van der Waals surface area contributed by atoms with Crippen LogP contribution in [0.15, 0.2) is 24.3 Å². The number of fused-ring (bicyclic) bond motifs is 3. The molecule has 3 aliphatic heterocycles. The number of hydrogen-bond donors (Lipinski definition) is 0. The SMILES string of the molecule is COC(=O)[C@H]1C[C@]2(C[C@@H]3O[C@@]3(C)COS(C)(=O)=O)c3ccccc3N(C)[C@@H]2N1C(=O)C(F)(F)F. The minimum absolute atomic E-state index is 0.115. The van der Waals surface area contributed by atoms with Crippen LogP contribution in [0.25, 0.3) is 0 Å². The van der Waals surface area contributed by atoms with Crippen LogP contribution < -0.4 is 4.90 Å². The molecule has 13 heteroatoms. The van der Waals surface area contributed by atoms with Gasteiger partial charge >= 0.3 is 18.1 Å². The molecule has 1 aromatic carbocycles. The van der Waals surface area contributed by atoms with Gasteiger partial charge in [0.2, 0.25) is 0 Å². The van der Waals surface area contributed by atoms with E-state index in [9.17, 15) is 31.2 Å². The molecule has 188 valence electrons. The van der Waals surface area contributed by atoms with Gasteiger partial charge in [-0.2, -0.15) is 21.6 Å². The molecule has 0 aliphatic carbocycles. The summed E-state index contributed by atoms with van der Waals surface area (Å²) in [5.74, 6) is -3.08. The lowest BCUT2D eigenvalue weighted by molar-refractivity contribution is -0.190. The van der Waals surface area contributed by atoms with Crippen LogP contribution in [0.3, 0.4) is 0 Å². The molecule has 0 N–H and O–H groups in total. The van der Waals surface area contributed by atoms with Crippen molar-refractivity contribution in [3.8, 4) is 0 Å². The molecular weight excluding hydrogens is 481 g/mol. The molecule has 0 saturated carbocycles. The Morgan fingerprint density at radius 2 is 1.91 bits per heavy atom. The zero-order valence-electron chi connectivity index (χ0n) is 19.0. The molecule has 3 aliphatic rings. The number of likely N-dealkylation sites (tertiary alicyclic amines) is 1. The van der Waals surface area contributed by atoms with Crippen molar-refractivity contribution in [3.05, 3.63) is 29.8 Å². The number of esters is 1. The maximum atomic E-state index is 13.6. The summed E-state index contributed by atoms with van der Waals surface area (Å²) in [7, 11) is -1.10. The van der Waals surface area contributed by atoms with E-state index in [0.29, 0.717) is 16.2 Å². The highest BCUT2D eigenvalue weighted by Gasteiger charge is 2.68. The molecular formula is C21H25F3N2O7S. The van der Waals surface area contributed by atoms with Gasteiger partial charge < -0.3 is 14.4 Å². The minimum atomic E-state index is -5.20. The minimum Gasteiger partial charge on any atom is -0.467 e. The van der Waals surface area contributed by atoms with Crippen molar-refractivity contribution in [2.45, 2.75) is 55.3 Å². The molecule has 0 bridgehead atoms. The number of nitrogens with zero attached hydrogens (tertiary/aromatic N) is 2. The van der Waals surface area contributed by atoms with Crippen molar-refractivity contribution in [2.24, 2.45) is 0 Å². The molecule has 5 atom stereocenters. The quantitative estimate of drug-likeness (QED) is 0.325. The predicted octanol–water partition coefficient (Wildman–Crippen LogP) is 1.56. The van der Waals surface area contributed by atoms with Gasteiger partial charge in [0.25, 0.3) is 10.1 Å². The number of alkyl halides is 3. The lowest BCUT2D eigenvalue weighted by Gasteiger charge is -2.37. The van der Waals surface area contributed by atoms with Crippen LogP contribution in [0.5, 0.6) is 0 Å². The number of hydrogen-bond acceptors (Lipinski definition) is 8. The fourth-order valence-corrected chi connectivity index (χ4v) is 5.83. The van der Waals surface area contributed by atoms with Crippen molar-refractivity contribution in [2.75, 3.05) is 31.9 Å². The third-order valence-electron chi connectivity index (χ3n) is 6.93. The van der Waals surface area contributed by atoms with Crippen LogP contribution in [0.1, 0.15) is 25.3 Å². The number of para-hydroxylation sites is 1. The summed E-state index contributed by atoms with van der Waals surface area (Å²) in [4.78, 5) is 27.3. The number of carbonyl (C=O) groups excluding carboxylic acids is 2. The number of ether oxygens (including phenoxy) is 2. The second-order valence-electron chi connectivity index (χ2n) is 9.20. The number of rotatable bonds is 6. The summed E-state index contributed by atoms with van der Waals surface area (Å²) >= 11 is 0. The fraction of sp³-hybridized carbons (Fsp3) is 0.619. The number of anilines is 1. The van der Waals surface area contributed by atoms with Crippen LogP contribution in [0, 0.1) is 0 Å². The Balaban J connectivity index is 1.76. The summed E-state index contributed by atoms with van der Waals surface area (Å²) < 4.78 is 79.1. The first-order chi connectivity index (χ1) is 15.6. The highest BCUT2D eigenvalue weighted by Crippen LogP contribution is 2.59. The Bertz CT molecular complexity index is 1130. The Morgan fingerprint density at radius 3 is 2.50 bits per heavy atom. The van der Waals surface area contributed by atoms with Crippen molar-refractivity contribution in [3.63, 3.8) is 0 Å². The van der Waals surface area contributed by atoms with Gasteiger partial charge in [-0.15, -0.1) is 0 Å². The Morgan fingerprint density at radius 1 is 1.26 bits per heavy atom. The third kappa shape index (κ3) is 3.93. The maximum absolute atomic E-state index is 13.6. The molecule has 2 saturated heterocycles. The third-order valence-corrected chi connectivity index (χ3v) is 7.48. The van der Waals surface area contributed by atoms with Crippen molar-refractivity contribution in [1.29, 1.82) is 0 Å². The van der Waals surface area contributed by atoms with Gasteiger partial charge in [0.15, 0.2) is 0 Å². The molecule has 3 heterocycles. The van der Waals surface area contributed by atoms with Gasteiger partial charge in [-0.05, 0) is 31.4 Å². The van der Waals surface area contributed by atoms with E-state index < -0.39 is 57.5 Å². The molecule has 0 radical (unpaired) electrons. The van der Waals surface area contributed by atoms with Gasteiger partial charge in [0.05, 0.1) is 26.1 Å². The number of likely N-dealkylation sites (N-methyl/N-ethyl adjacent to an activating group) is 1. The summed E-state index contributed by atoms with van der Waals surface area (Å²) in [6.45, 7) is 1.38. The lowest BCUT2D eigenvalue weighted by atomic mass is 9.73. The number of methoxy groups -OCH3 is 1. The van der Waals surface area contributed by atoms with E-state index in [2.05, 4.69) is 0 Å². The number of halogens is 3. The number of epoxide rings is 1. The first kappa shape index (κ1) is 24.7. The van der Waals surface area contributed by atoms with E-state index >= 15 is 0 Å². The second-order valence-corrected chi connectivity index (χ2v) is 10.8. The summed E-state index contributed by atoms with van der Waals surface area (Å²) in [5, 5.41) is 0. The first-order valence-electron chi connectivity index (χ1n) is 10.5. The number of benzene rings is 1. The maximum Gasteiger partial charge on any atom is 0.471 e. The molecule has 34 heavy (non-hydrogen) atoms. The molecule has 4 rings (SSSR count). The highest BCUT2D eigenvalue weighted by atomic mass is 32.2. The molecule has 9 nitrogen and oxygen atoms in total. The number of amides is 1. The van der Waals surface area contributed by atoms with E-state index in [1.165, 1.54) is 0 Å². The van der Waals surface area contributed by atoms with Gasteiger partial charge in [0, 0.05) is 18.2 Å². The predicted molar refractivity (Wildman–Crippen MR) is 112 cm³/mol. The monoisotopic (exact) mass is 506 g/mol. The topological polar surface area (TPSA) is 106 Å². The van der Waals surface area contributed by atoms with Crippen LogP contribution in [0.4, 0.5) is 18.9 Å². The van der Waals surface area contributed by atoms with Crippen molar-refractivity contribution >= 4 is 27.7 Å². The largest absolute Gasteiger partial charge is 0.471 e. The van der Waals surface area contributed by atoms with Gasteiger partial charge in [-0.1, -0.05) is 18.2 Å². The van der Waals surface area contributed by atoms with Gasteiger partial charge in [0.1, 0.15) is 17.8 Å². The summed E-state index contributed by atoms with van der Waals surface area (Å²) in [6.07, 6.45) is -5.98. The molecule has 0 unspecified atom stereocenters. The zero-order chi connectivity index (χ0) is 25.3. The molecule has 2 fully saturated rings. The van der Waals surface area contributed by atoms with Crippen molar-refractivity contribution in [1.82, 2.24) is 4.90 Å². The lowest BCUT2D eigenvalue weighted by Crippen LogP contribution is -2.57. The summed E-state index contributed by atoms with van der Waals surface area (Å²) in [6, 6.07) is 5.50.